The molecule has 0 bridgehead atoms. The Morgan fingerprint density at radius 1 is 1.11 bits per heavy atom. The summed E-state index contributed by atoms with van der Waals surface area (Å²) in [6.45, 7) is 1.26. The van der Waals surface area contributed by atoms with Crippen molar-refractivity contribution in [2.75, 3.05) is 27.4 Å². The number of H-pyrrole nitrogens is 1. The summed E-state index contributed by atoms with van der Waals surface area (Å²) < 4.78 is 10.3. The smallest absolute Gasteiger partial charge is 0.220 e. The van der Waals surface area contributed by atoms with Crippen molar-refractivity contribution >= 4 is 16.8 Å². The molecule has 0 radical (unpaired) electrons. The molecule has 1 aromatic heterocycles. The Bertz CT molecular complexity index is 871. The van der Waals surface area contributed by atoms with Gasteiger partial charge in [-0.2, -0.15) is 0 Å². The van der Waals surface area contributed by atoms with Crippen molar-refractivity contribution in [1.29, 1.82) is 0 Å². The molecule has 0 unspecified atom stereocenters. The first kappa shape index (κ1) is 19.0. The average Bonchev–Trinajstić information content (AvgIpc) is 3.13. The Kier molecular flexibility index (Phi) is 6.49. The second-order valence-electron chi connectivity index (χ2n) is 6.52. The Labute approximate surface area is 159 Å². The largest absolute Gasteiger partial charge is 0.497 e. The minimum Gasteiger partial charge on any atom is -0.497 e. The molecule has 0 aliphatic heterocycles. The number of aromatic nitrogens is 1. The number of rotatable bonds is 9. The predicted molar refractivity (Wildman–Crippen MR) is 107 cm³/mol. The van der Waals surface area contributed by atoms with E-state index in [0.29, 0.717) is 19.6 Å². The third kappa shape index (κ3) is 4.68. The van der Waals surface area contributed by atoms with E-state index in [1.54, 1.807) is 14.2 Å². The van der Waals surface area contributed by atoms with Crippen molar-refractivity contribution in [3.63, 3.8) is 0 Å². The zero-order valence-corrected chi connectivity index (χ0v) is 15.8. The summed E-state index contributed by atoms with van der Waals surface area (Å²) in [4.78, 5) is 15.9. The van der Waals surface area contributed by atoms with Crippen LogP contribution in [-0.4, -0.2) is 38.3 Å². The number of para-hydroxylation sites is 1. The number of hydrogen-bond acceptors (Lipinski definition) is 3. The molecule has 1 amide bonds. The lowest BCUT2D eigenvalue weighted by Gasteiger charge is -2.18. The maximum absolute atomic E-state index is 12.6. The van der Waals surface area contributed by atoms with Crippen LogP contribution < -0.4 is 10.1 Å². The monoisotopic (exact) mass is 366 g/mol. The molecule has 3 aromatic rings. The highest BCUT2D eigenvalue weighted by Crippen LogP contribution is 2.34. The summed E-state index contributed by atoms with van der Waals surface area (Å²) in [5, 5.41) is 4.14. The van der Waals surface area contributed by atoms with Crippen LogP contribution >= 0.6 is 0 Å². The lowest BCUT2D eigenvalue weighted by molar-refractivity contribution is -0.121. The van der Waals surface area contributed by atoms with E-state index < -0.39 is 0 Å². The normalized spacial score (nSPS) is 12.1. The Morgan fingerprint density at radius 3 is 2.63 bits per heavy atom. The molecule has 0 saturated heterocycles. The predicted octanol–water partition coefficient (Wildman–Crippen LogP) is 3.85. The van der Waals surface area contributed by atoms with Gasteiger partial charge in [-0.1, -0.05) is 30.3 Å². The molecule has 3 rings (SSSR count). The molecule has 0 saturated carbocycles. The molecule has 5 nitrogen and oxygen atoms in total. The summed E-state index contributed by atoms with van der Waals surface area (Å²) >= 11 is 0. The van der Waals surface area contributed by atoms with E-state index >= 15 is 0 Å². The van der Waals surface area contributed by atoms with Gasteiger partial charge in [0.25, 0.3) is 0 Å². The third-order valence-corrected chi connectivity index (χ3v) is 4.75. The van der Waals surface area contributed by atoms with Crippen LogP contribution in [0.2, 0.25) is 0 Å². The lowest BCUT2D eigenvalue weighted by Crippen LogP contribution is -2.27. The molecule has 0 spiro atoms. The maximum Gasteiger partial charge on any atom is 0.220 e. The standard InChI is InChI=1S/C22H26N2O3/c1-26-13-5-12-23-22(25)14-19(16-8-10-17(27-2)11-9-16)20-15-24-21-7-4-3-6-18(20)21/h3-4,6-11,15,19,24H,5,12-14H2,1-2H3,(H,23,25)/t19-/m1/s1. The first-order valence-electron chi connectivity index (χ1n) is 9.18. The number of carbonyl (C=O) groups excluding carboxylic acids is 1. The van der Waals surface area contributed by atoms with Crippen LogP contribution in [-0.2, 0) is 9.53 Å². The van der Waals surface area contributed by atoms with Crippen molar-refractivity contribution < 1.29 is 14.3 Å². The number of nitrogens with one attached hydrogen (secondary N) is 2. The number of ether oxygens (including phenoxy) is 2. The Morgan fingerprint density at radius 2 is 1.89 bits per heavy atom. The van der Waals surface area contributed by atoms with Crippen molar-refractivity contribution in [2.45, 2.75) is 18.8 Å². The maximum atomic E-state index is 12.6. The molecule has 142 valence electrons. The van der Waals surface area contributed by atoms with Crippen LogP contribution in [0.3, 0.4) is 0 Å². The molecule has 27 heavy (non-hydrogen) atoms. The molecule has 0 fully saturated rings. The fraction of sp³-hybridized carbons (Fsp3) is 0.318. The van der Waals surface area contributed by atoms with Gasteiger partial charge in [-0.05, 0) is 35.7 Å². The van der Waals surface area contributed by atoms with Crippen molar-refractivity contribution in [3.05, 3.63) is 65.9 Å². The number of aromatic amines is 1. The van der Waals surface area contributed by atoms with Gasteiger partial charge in [0, 0.05) is 49.7 Å². The number of amides is 1. The number of benzene rings is 2. The zero-order chi connectivity index (χ0) is 19.1. The first-order valence-corrected chi connectivity index (χ1v) is 9.18. The lowest BCUT2D eigenvalue weighted by atomic mass is 9.88. The fourth-order valence-electron chi connectivity index (χ4n) is 3.33. The third-order valence-electron chi connectivity index (χ3n) is 4.75. The van der Waals surface area contributed by atoms with Crippen molar-refractivity contribution in [3.8, 4) is 5.75 Å². The van der Waals surface area contributed by atoms with Gasteiger partial charge in [-0.3, -0.25) is 4.79 Å². The van der Waals surface area contributed by atoms with Gasteiger partial charge in [0.15, 0.2) is 0 Å². The summed E-state index contributed by atoms with van der Waals surface area (Å²) in [5.74, 6) is 0.812. The summed E-state index contributed by atoms with van der Waals surface area (Å²) in [7, 11) is 3.32. The molecule has 1 atom stereocenters. The van der Waals surface area contributed by atoms with Gasteiger partial charge >= 0.3 is 0 Å². The van der Waals surface area contributed by atoms with Crippen molar-refractivity contribution in [1.82, 2.24) is 10.3 Å². The quantitative estimate of drug-likeness (QED) is 0.566. The second kappa shape index (κ2) is 9.24. The molecule has 5 heteroatoms. The van der Waals surface area contributed by atoms with Crippen LogP contribution in [0.15, 0.2) is 54.7 Å². The average molecular weight is 366 g/mol. The van der Waals surface area contributed by atoms with E-state index in [1.165, 1.54) is 0 Å². The summed E-state index contributed by atoms with van der Waals surface area (Å²) in [5.41, 5.74) is 3.29. The molecule has 2 N–H and O–H groups in total. The number of carbonyl (C=O) groups is 1. The van der Waals surface area contributed by atoms with Gasteiger partial charge in [-0.25, -0.2) is 0 Å². The topological polar surface area (TPSA) is 63.4 Å². The number of fused-ring (bicyclic) bond motifs is 1. The van der Waals surface area contributed by atoms with E-state index in [1.807, 2.05) is 42.6 Å². The highest BCUT2D eigenvalue weighted by molar-refractivity contribution is 5.86. The number of methoxy groups -OCH3 is 2. The van der Waals surface area contributed by atoms with Gasteiger partial charge in [0.05, 0.1) is 7.11 Å². The summed E-state index contributed by atoms with van der Waals surface area (Å²) in [6, 6.07) is 16.1. The first-order chi connectivity index (χ1) is 13.2. The van der Waals surface area contributed by atoms with Crippen LogP contribution in [0.25, 0.3) is 10.9 Å². The van der Waals surface area contributed by atoms with E-state index in [-0.39, 0.29) is 11.8 Å². The SMILES string of the molecule is COCCCNC(=O)C[C@H](c1ccc(OC)cc1)c1c[nH]c2ccccc12. The van der Waals surface area contributed by atoms with E-state index in [2.05, 4.69) is 22.4 Å². The Hall–Kier alpha value is -2.79. The van der Waals surface area contributed by atoms with Crippen LogP contribution in [0.1, 0.15) is 29.9 Å². The molecular formula is C22H26N2O3. The van der Waals surface area contributed by atoms with Gasteiger partial charge < -0.3 is 19.8 Å². The van der Waals surface area contributed by atoms with Crippen LogP contribution in [0.4, 0.5) is 0 Å². The highest BCUT2D eigenvalue weighted by Gasteiger charge is 2.21. The zero-order valence-electron chi connectivity index (χ0n) is 15.8. The minimum atomic E-state index is -0.0329. The molecule has 0 aliphatic rings. The van der Waals surface area contributed by atoms with Crippen LogP contribution in [0.5, 0.6) is 5.75 Å². The van der Waals surface area contributed by atoms with E-state index in [0.717, 1.165) is 34.2 Å². The minimum absolute atomic E-state index is 0.0329. The highest BCUT2D eigenvalue weighted by atomic mass is 16.5. The van der Waals surface area contributed by atoms with E-state index in [9.17, 15) is 4.79 Å². The van der Waals surface area contributed by atoms with Crippen molar-refractivity contribution in [2.24, 2.45) is 0 Å². The van der Waals surface area contributed by atoms with Gasteiger partial charge in [0.1, 0.15) is 5.75 Å². The van der Waals surface area contributed by atoms with E-state index in [4.69, 9.17) is 9.47 Å². The molecule has 2 aromatic carbocycles. The van der Waals surface area contributed by atoms with Gasteiger partial charge in [0.2, 0.25) is 5.91 Å². The Balaban J connectivity index is 1.85. The molecule has 1 heterocycles. The number of hydrogen-bond donors (Lipinski definition) is 2. The second-order valence-corrected chi connectivity index (χ2v) is 6.52. The molecular weight excluding hydrogens is 340 g/mol. The van der Waals surface area contributed by atoms with Gasteiger partial charge in [-0.15, -0.1) is 0 Å². The van der Waals surface area contributed by atoms with Crippen LogP contribution in [0, 0.1) is 0 Å². The summed E-state index contributed by atoms with van der Waals surface area (Å²) in [6.07, 6.45) is 3.21. The fourth-order valence-corrected chi connectivity index (χ4v) is 3.33. The molecule has 0 aliphatic carbocycles.